The standard InChI is InChI=1S/C17H25N3O2/c1-12(2)18-17(22)20-10-8-15(9-11-20)19-16(21)14-6-4-13(3)5-7-14/h4-7,12,15H,8-11H2,1-3H3,(H,18,22)(H,19,21). The van der Waals surface area contributed by atoms with Gasteiger partial charge in [-0.2, -0.15) is 0 Å². The number of urea groups is 1. The highest BCUT2D eigenvalue weighted by molar-refractivity contribution is 5.94. The summed E-state index contributed by atoms with van der Waals surface area (Å²) in [5, 5.41) is 5.96. The van der Waals surface area contributed by atoms with Crippen LogP contribution in [0.15, 0.2) is 24.3 Å². The number of nitrogens with one attached hydrogen (secondary N) is 2. The summed E-state index contributed by atoms with van der Waals surface area (Å²) in [6.45, 7) is 7.26. The average molecular weight is 303 g/mol. The van der Waals surface area contributed by atoms with Crippen molar-refractivity contribution in [2.45, 2.75) is 45.7 Å². The fraction of sp³-hybridized carbons (Fsp3) is 0.529. The van der Waals surface area contributed by atoms with Crippen LogP contribution in [0.5, 0.6) is 0 Å². The number of piperidine rings is 1. The number of nitrogens with zero attached hydrogens (tertiary/aromatic N) is 1. The van der Waals surface area contributed by atoms with Crippen molar-refractivity contribution in [3.63, 3.8) is 0 Å². The van der Waals surface area contributed by atoms with E-state index in [0.717, 1.165) is 18.4 Å². The Bertz CT molecular complexity index is 517. The van der Waals surface area contributed by atoms with Crippen molar-refractivity contribution in [1.29, 1.82) is 0 Å². The molecule has 0 saturated carbocycles. The number of hydrogen-bond donors (Lipinski definition) is 2. The molecule has 0 atom stereocenters. The van der Waals surface area contributed by atoms with Crippen LogP contribution in [0.3, 0.4) is 0 Å². The quantitative estimate of drug-likeness (QED) is 0.900. The molecule has 0 aliphatic carbocycles. The molecule has 0 spiro atoms. The molecule has 1 heterocycles. The Morgan fingerprint density at radius 1 is 1.14 bits per heavy atom. The van der Waals surface area contributed by atoms with Crippen molar-refractivity contribution in [2.75, 3.05) is 13.1 Å². The molecule has 0 aromatic heterocycles. The summed E-state index contributed by atoms with van der Waals surface area (Å²) in [7, 11) is 0. The Morgan fingerprint density at radius 2 is 1.73 bits per heavy atom. The molecule has 0 radical (unpaired) electrons. The van der Waals surface area contributed by atoms with Crippen molar-refractivity contribution in [3.8, 4) is 0 Å². The maximum absolute atomic E-state index is 12.2. The van der Waals surface area contributed by atoms with Gasteiger partial charge < -0.3 is 15.5 Å². The molecule has 1 aromatic rings. The Labute approximate surface area is 132 Å². The third-order valence-corrected chi connectivity index (χ3v) is 3.84. The Kier molecular flexibility index (Phi) is 5.41. The van der Waals surface area contributed by atoms with Gasteiger partial charge in [0.25, 0.3) is 5.91 Å². The molecule has 2 rings (SSSR count). The minimum absolute atomic E-state index is 0.0155. The first-order valence-corrected chi connectivity index (χ1v) is 7.88. The van der Waals surface area contributed by atoms with E-state index in [1.54, 1.807) is 0 Å². The van der Waals surface area contributed by atoms with Gasteiger partial charge in [0.2, 0.25) is 0 Å². The van der Waals surface area contributed by atoms with Gasteiger partial charge in [-0.1, -0.05) is 17.7 Å². The van der Waals surface area contributed by atoms with E-state index >= 15 is 0 Å². The first-order chi connectivity index (χ1) is 10.5. The van der Waals surface area contributed by atoms with E-state index in [2.05, 4.69) is 10.6 Å². The molecule has 1 aliphatic heterocycles. The first-order valence-electron chi connectivity index (χ1n) is 7.88. The van der Waals surface area contributed by atoms with Crippen LogP contribution in [0.4, 0.5) is 4.79 Å². The number of carbonyl (C=O) groups is 2. The molecular formula is C17H25N3O2. The molecule has 5 heteroatoms. The van der Waals surface area contributed by atoms with Crippen molar-refractivity contribution in [3.05, 3.63) is 35.4 Å². The van der Waals surface area contributed by atoms with Gasteiger partial charge in [0.05, 0.1) is 0 Å². The van der Waals surface area contributed by atoms with E-state index in [9.17, 15) is 9.59 Å². The molecular weight excluding hydrogens is 278 g/mol. The van der Waals surface area contributed by atoms with Gasteiger partial charge in [-0.15, -0.1) is 0 Å². The lowest BCUT2D eigenvalue weighted by Gasteiger charge is -2.32. The van der Waals surface area contributed by atoms with Gasteiger partial charge in [-0.3, -0.25) is 4.79 Å². The summed E-state index contributed by atoms with van der Waals surface area (Å²) in [5.74, 6) is -0.0370. The number of aryl methyl sites for hydroxylation is 1. The summed E-state index contributed by atoms with van der Waals surface area (Å²) >= 11 is 0. The van der Waals surface area contributed by atoms with Crippen LogP contribution in [0, 0.1) is 6.92 Å². The number of hydrogen-bond acceptors (Lipinski definition) is 2. The van der Waals surface area contributed by atoms with E-state index in [-0.39, 0.29) is 24.0 Å². The summed E-state index contributed by atoms with van der Waals surface area (Å²) in [4.78, 5) is 25.9. The van der Waals surface area contributed by atoms with Crippen molar-refractivity contribution in [1.82, 2.24) is 15.5 Å². The molecule has 1 fully saturated rings. The third kappa shape index (κ3) is 4.48. The zero-order valence-corrected chi connectivity index (χ0v) is 13.6. The molecule has 120 valence electrons. The predicted molar refractivity (Wildman–Crippen MR) is 86.9 cm³/mol. The second kappa shape index (κ2) is 7.29. The summed E-state index contributed by atoms with van der Waals surface area (Å²) < 4.78 is 0. The van der Waals surface area contributed by atoms with Crippen LogP contribution in [-0.2, 0) is 0 Å². The third-order valence-electron chi connectivity index (χ3n) is 3.84. The average Bonchev–Trinajstić information content (AvgIpc) is 2.48. The topological polar surface area (TPSA) is 61.4 Å². The highest BCUT2D eigenvalue weighted by Gasteiger charge is 2.24. The molecule has 0 bridgehead atoms. The minimum atomic E-state index is -0.0370. The fourth-order valence-corrected chi connectivity index (χ4v) is 2.54. The van der Waals surface area contributed by atoms with E-state index in [0.29, 0.717) is 18.7 Å². The monoisotopic (exact) mass is 303 g/mol. The van der Waals surface area contributed by atoms with Crippen LogP contribution < -0.4 is 10.6 Å². The smallest absolute Gasteiger partial charge is 0.317 e. The lowest BCUT2D eigenvalue weighted by molar-refractivity contribution is 0.0918. The second-order valence-electron chi connectivity index (χ2n) is 6.20. The molecule has 5 nitrogen and oxygen atoms in total. The minimum Gasteiger partial charge on any atom is -0.349 e. The van der Waals surface area contributed by atoms with Crippen LogP contribution in [-0.4, -0.2) is 42.0 Å². The summed E-state index contributed by atoms with van der Waals surface area (Å²) in [5.41, 5.74) is 1.83. The molecule has 3 amide bonds. The predicted octanol–water partition coefficient (Wildman–Crippen LogP) is 2.31. The Morgan fingerprint density at radius 3 is 2.27 bits per heavy atom. The van der Waals surface area contributed by atoms with Gasteiger partial charge in [0.15, 0.2) is 0 Å². The normalized spacial score (nSPS) is 15.7. The van der Waals surface area contributed by atoms with Crippen molar-refractivity contribution < 1.29 is 9.59 Å². The van der Waals surface area contributed by atoms with Crippen molar-refractivity contribution in [2.24, 2.45) is 0 Å². The highest BCUT2D eigenvalue weighted by Crippen LogP contribution is 2.12. The molecule has 2 N–H and O–H groups in total. The van der Waals surface area contributed by atoms with Crippen molar-refractivity contribution >= 4 is 11.9 Å². The molecule has 22 heavy (non-hydrogen) atoms. The number of rotatable bonds is 3. The van der Waals surface area contributed by atoms with Crippen LogP contribution in [0.1, 0.15) is 42.6 Å². The number of carbonyl (C=O) groups excluding carboxylic acids is 2. The lowest BCUT2D eigenvalue weighted by Crippen LogP contribution is -2.50. The van der Waals surface area contributed by atoms with Gasteiger partial charge in [-0.25, -0.2) is 4.79 Å². The fourth-order valence-electron chi connectivity index (χ4n) is 2.54. The SMILES string of the molecule is Cc1ccc(C(=O)NC2CCN(C(=O)NC(C)C)CC2)cc1. The zero-order chi connectivity index (χ0) is 16.1. The van der Waals surface area contributed by atoms with E-state index in [1.807, 2.05) is 49.9 Å². The van der Waals surface area contributed by atoms with Crippen LogP contribution in [0.25, 0.3) is 0 Å². The van der Waals surface area contributed by atoms with E-state index in [4.69, 9.17) is 0 Å². The van der Waals surface area contributed by atoms with E-state index < -0.39 is 0 Å². The second-order valence-corrected chi connectivity index (χ2v) is 6.20. The summed E-state index contributed by atoms with van der Waals surface area (Å²) in [6.07, 6.45) is 1.59. The lowest BCUT2D eigenvalue weighted by atomic mass is 10.0. The number of amides is 3. The Balaban J connectivity index is 1.81. The van der Waals surface area contributed by atoms with Gasteiger partial charge in [-0.05, 0) is 45.7 Å². The van der Waals surface area contributed by atoms with Gasteiger partial charge >= 0.3 is 6.03 Å². The first kappa shape index (κ1) is 16.3. The highest BCUT2D eigenvalue weighted by atomic mass is 16.2. The molecule has 1 aliphatic rings. The number of likely N-dealkylation sites (tertiary alicyclic amines) is 1. The molecule has 1 saturated heterocycles. The summed E-state index contributed by atoms with van der Waals surface area (Å²) in [6, 6.07) is 7.83. The molecule has 0 unspecified atom stereocenters. The van der Waals surface area contributed by atoms with Gasteiger partial charge in [0, 0.05) is 30.7 Å². The zero-order valence-electron chi connectivity index (χ0n) is 13.6. The Hall–Kier alpha value is -2.04. The number of benzene rings is 1. The van der Waals surface area contributed by atoms with E-state index in [1.165, 1.54) is 0 Å². The van der Waals surface area contributed by atoms with Gasteiger partial charge in [0.1, 0.15) is 0 Å². The van der Waals surface area contributed by atoms with Crippen LogP contribution in [0.2, 0.25) is 0 Å². The maximum atomic E-state index is 12.2. The van der Waals surface area contributed by atoms with Crippen LogP contribution >= 0.6 is 0 Å². The maximum Gasteiger partial charge on any atom is 0.317 e. The largest absolute Gasteiger partial charge is 0.349 e. The molecule has 1 aromatic carbocycles.